The number of aromatic nitrogens is 5. The van der Waals surface area contributed by atoms with Crippen molar-refractivity contribution in [3.63, 3.8) is 0 Å². The number of hydrogen-bond acceptors (Lipinski definition) is 26. The molecule has 5 amide bonds. The van der Waals surface area contributed by atoms with E-state index < -0.39 is 121 Å². The molecule has 0 radical (unpaired) electrons. The Balaban J connectivity index is 1.34. The maximum atomic E-state index is 13.7. The molecule has 13 atom stereocenters. The number of anilines is 3. The fourth-order valence-electron chi connectivity index (χ4n) is 7.43. The van der Waals surface area contributed by atoms with E-state index in [1.165, 1.54) is 17.0 Å². The summed E-state index contributed by atoms with van der Waals surface area (Å²) in [7, 11) is 2.34. The van der Waals surface area contributed by atoms with Crippen molar-refractivity contribution in [3.8, 4) is 11.4 Å². The van der Waals surface area contributed by atoms with Crippen molar-refractivity contribution in [1.29, 1.82) is 0 Å². The predicted molar refractivity (Wildman–Crippen MR) is 262 cm³/mol. The number of nitrogen functional groups attached to an aromatic ring is 3. The number of aryl methyl sites for hydroxylation is 1. The fraction of sp³-hybridized carbons (Fsp3) is 0.658. The van der Waals surface area contributed by atoms with Crippen LogP contribution in [0.15, 0.2) is 16.0 Å². The highest BCUT2D eigenvalue weighted by Crippen LogP contribution is 2.30. The molecule has 0 bridgehead atoms. The minimum absolute atomic E-state index is 0.000161. The van der Waals surface area contributed by atoms with Crippen molar-refractivity contribution in [2.75, 3.05) is 48.4 Å². The van der Waals surface area contributed by atoms with Crippen molar-refractivity contribution in [1.82, 2.24) is 40.5 Å². The molecular weight excluding hydrogens is 993 g/mol. The lowest BCUT2D eigenvalue weighted by atomic mass is 9.84. The number of nitrogens with zero attached hydrogens (tertiary/aromatic N) is 6. The van der Waals surface area contributed by atoms with Crippen molar-refractivity contribution < 1.29 is 53.5 Å². The third-order valence-corrected chi connectivity index (χ3v) is 13.5. The number of nitrogens with two attached hydrogens (primary N) is 11. The Bertz CT molecular complexity index is 2250. The van der Waals surface area contributed by atoms with Gasteiger partial charge in [0, 0.05) is 55.8 Å². The average molecular weight is 1060 g/mol. The molecular formula is C38H66N20O12S2. The van der Waals surface area contributed by atoms with Crippen molar-refractivity contribution in [3.05, 3.63) is 16.7 Å². The number of ether oxygens (including phenoxy) is 3. The van der Waals surface area contributed by atoms with E-state index >= 15 is 0 Å². The summed E-state index contributed by atoms with van der Waals surface area (Å²) in [4.78, 5) is 97.0. The van der Waals surface area contributed by atoms with E-state index in [9.17, 15) is 44.1 Å². The minimum atomic E-state index is -1.57. The van der Waals surface area contributed by atoms with E-state index in [1.807, 2.05) is 0 Å². The zero-order valence-electron chi connectivity index (χ0n) is 38.9. The van der Waals surface area contributed by atoms with Crippen LogP contribution in [0.25, 0.3) is 11.4 Å². The van der Waals surface area contributed by atoms with E-state index in [0.717, 1.165) is 15.4 Å². The number of aliphatic hydroxyl groups is 3. The zero-order chi connectivity index (χ0) is 53.4. The number of carbonyl (C=O) groups is 5. The Morgan fingerprint density at radius 1 is 0.847 bits per heavy atom. The van der Waals surface area contributed by atoms with Crippen LogP contribution in [0, 0.1) is 0 Å². The van der Waals surface area contributed by atoms with Crippen molar-refractivity contribution >= 4 is 74.8 Å². The van der Waals surface area contributed by atoms with Crippen LogP contribution in [0.1, 0.15) is 38.5 Å². The SMILES string of the molecule is NC[C@H]1O[C@H](O[C@H]2[C@H](OCCSSC[C@H](NC(=O)[C@H](CCCN=C(N)N)NC(=O)[C@H](CC(N)=O)NC(=O)CCCn3cc(-c4nc(N)nc(N)n4)c(N)nc3=O)C(N)=O)[C@@H](O)[C@H](N)C[C@@H]2N)[C@H](N)[C@@H](O)[C@@H]1O. The van der Waals surface area contributed by atoms with Crippen molar-refractivity contribution in [2.24, 2.45) is 50.9 Å². The molecule has 0 aromatic carbocycles. The standard InChI is InChI=1S/C38H66N20O12S2/c39-11-20-25(62)26(63)23(43)34(69-20)70-27-16(41)9-15(40)24(61)28(27)68-7-8-71-72-13-19(30(45)64)53-32(65)17(3-1-5-50-35(46)47)52-33(66)18(10-21(42)59)51-22(60)4-2-6-58-12-14(29(44)54-38(58)67)31-55-36(48)57-37(49)56-31/h12,15-20,23-28,34,61-63H,1-11,13,39-41,43H2,(H2,42,59)(H2,45,64)(H,51,60)(H,52,66)(H,53,65)(H2,44,54,67)(H4,46,47,50)(H4,48,49,55,56,57)/t15-,16+,17+,18+,19+,20-,23-,24+,25-,26-,27-,28-,34-/m1/s1. The summed E-state index contributed by atoms with van der Waals surface area (Å²) < 4.78 is 18.9. The Morgan fingerprint density at radius 3 is 2.15 bits per heavy atom. The summed E-state index contributed by atoms with van der Waals surface area (Å²) in [5.74, 6) is -5.17. The second-order valence-electron chi connectivity index (χ2n) is 16.7. The quantitative estimate of drug-likeness (QED) is 0.0171. The number of aliphatic imine (C=N–C) groups is 1. The third-order valence-electron chi connectivity index (χ3n) is 11.2. The van der Waals surface area contributed by atoms with Crippen LogP contribution >= 0.6 is 21.6 Å². The number of hydrogen-bond donors (Lipinski definition) is 17. The predicted octanol–water partition coefficient (Wildman–Crippen LogP) is -9.21. The Kier molecular flexibility index (Phi) is 22.8. The number of aliphatic hydroxyl groups excluding tert-OH is 3. The molecule has 0 spiro atoms. The molecule has 1 aliphatic heterocycles. The maximum Gasteiger partial charge on any atom is 0.349 e. The largest absolute Gasteiger partial charge is 0.389 e. The molecule has 2 aliphatic rings. The first-order valence-electron chi connectivity index (χ1n) is 22.4. The summed E-state index contributed by atoms with van der Waals surface area (Å²) in [5.41, 5.74) is 62.8. The number of nitrogens with one attached hydrogen (secondary N) is 3. The number of amides is 5. The molecule has 1 aliphatic carbocycles. The van der Waals surface area contributed by atoms with Gasteiger partial charge < -0.3 is 109 Å². The van der Waals surface area contributed by atoms with Gasteiger partial charge in [-0.25, -0.2) is 4.79 Å². The molecule has 32 nitrogen and oxygen atoms in total. The smallest absolute Gasteiger partial charge is 0.349 e. The Labute approximate surface area is 419 Å². The highest BCUT2D eigenvalue weighted by molar-refractivity contribution is 8.76. The first-order chi connectivity index (χ1) is 34.0. The van der Waals surface area contributed by atoms with E-state index in [1.54, 1.807) is 0 Å². The number of primary amides is 2. The molecule has 72 heavy (non-hydrogen) atoms. The molecule has 2 aromatic rings. The third kappa shape index (κ3) is 17.2. The van der Waals surface area contributed by atoms with Crippen LogP contribution in [0.5, 0.6) is 0 Å². The van der Waals surface area contributed by atoms with Gasteiger partial charge in [0.25, 0.3) is 0 Å². The summed E-state index contributed by atoms with van der Waals surface area (Å²) in [6.07, 6.45) is -7.80. The Hall–Kier alpha value is -5.79. The lowest BCUT2D eigenvalue weighted by Gasteiger charge is -2.46. The van der Waals surface area contributed by atoms with Gasteiger partial charge >= 0.3 is 5.69 Å². The van der Waals surface area contributed by atoms with Gasteiger partial charge in [-0.2, -0.15) is 19.9 Å². The lowest BCUT2D eigenvalue weighted by Crippen LogP contribution is -2.67. The molecule has 2 fully saturated rings. The van der Waals surface area contributed by atoms with Crippen LogP contribution in [-0.4, -0.2) is 186 Å². The first kappa shape index (κ1) is 58.8. The van der Waals surface area contributed by atoms with Crippen LogP contribution in [0.4, 0.5) is 17.7 Å². The molecule has 4 rings (SSSR count). The topological polar surface area (TPSA) is 582 Å². The average Bonchev–Trinajstić information content (AvgIpc) is 3.30. The highest BCUT2D eigenvalue weighted by atomic mass is 33.1. The van der Waals surface area contributed by atoms with Gasteiger partial charge in [-0.05, 0) is 25.7 Å². The highest BCUT2D eigenvalue weighted by Gasteiger charge is 2.49. The fourth-order valence-corrected chi connectivity index (χ4v) is 9.44. The van der Waals surface area contributed by atoms with Crippen LogP contribution < -0.4 is 84.7 Å². The van der Waals surface area contributed by atoms with Crippen LogP contribution in [-0.2, 0) is 44.7 Å². The normalized spacial score (nSPS) is 25.3. The molecule has 34 heteroatoms. The van der Waals surface area contributed by atoms with E-state index in [2.05, 4.69) is 40.9 Å². The summed E-state index contributed by atoms with van der Waals surface area (Å²) >= 11 is 0. The first-order valence-corrected chi connectivity index (χ1v) is 24.8. The molecule has 2 aromatic heterocycles. The van der Waals surface area contributed by atoms with Gasteiger partial charge in [-0.15, -0.1) is 0 Å². The molecule has 402 valence electrons. The van der Waals surface area contributed by atoms with Gasteiger partial charge in [-0.1, -0.05) is 21.6 Å². The molecule has 0 unspecified atom stereocenters. The van der Waals surface area contributed by atoms with E-state index in [0.29, 0.717) is 0 Å². The maximum absolute atomic E-state index is 13.7. The summed E-state index contributed by atoms with van der Waals surface area (Å²) in [6.45, 7) is -0.186. The zero-order valence-corrected chi connectivity index (χ0v) is 40.6. The van der Waals surface area contributed by atoms with Gasteiger partial charge in [-0.3, -0.25) is 33.5 Å². The summed E-state index contributed by atoms with van der Waals surface area (Å²) in [6, 6.07) is -6.94. The van der Waals surface area contributed by atoms with Gasteiger partial charge in [0.2, 0.25) is 41.4 Å². The summed E-state index contributed by atoms with van der Waals surface area (Å²) in [5, 5.41) is 39.1. The lowest BCUT2D eigenvalue weighted by molar-refractivity contribution is -0.290. The number of rotatable bonds is 27. The van der Waals surface area contributed by atoms with Gasteiger partial charge in [0.15, 0.2) is 18.1 Å². The molecule has 1 saturated heterocycles. The monoisotopic (exact) mass is 1060 g/mol. The van der Waals surface area contributed by atoms with Gasteiger partial charge in [0.1, 0.15) is 54.5 Å². The Morgan fingerprint density at radius 2 is 1.51 bits per heavy atom. The van der Waals surface area contributed by atoms with E-state index in [-0.39, 0.29) is 105 Å². The van der Waals surface area contributed by atoms with Crippen LogP contribution in [0.3, 0.4) is 0 Å². The van der Waals surface area contributed by atoms with Crippen LogP contribution in [0.2, 0.25) is 0 Å². The van der Waals surface area contributed by atoms with Crippen molar-refractivity contribution in [2.45, 2.75) is 124 Å². The van der Waals surface area contributed by atoms with Gasteiger partial charge in [0.05, 0.1) is 30.7 Å². The van der Waals surface area contributed by atoms with E-state index in [4.69, 9.17) is 77.3 Å². The molecule has 1 saturated carbocycles. The number of guanidine groups is 1. The minimum Gasteiger partial charge on any atom is -0.389 e. The molecule has 3 heterocycles. The molecule has 28 N–H and O–H groups in total. The second-order valence-corrected chi connectivity index (χ2v) is 19.3. The number of carbonyl (C=O) groups excluding carboxylic acids is 5. The second kappa shape index (κ2) is 27.9.